The van der Waals surface area contributed by atoms with Crippen LogP contribution in [-0.4, -0.2) is 34.1 Å². The number of rotatable bonds is 2. The number of carbonyl (C=O) groups is 1. The van der Waals surface area contributed by atoms with Crippen molar-refractivity contribution in [3.63, 3.8) is 0 Å². The van der Waals surface area contributed by atoms with Gasteiger partial charge >= 0.3 is 0 Å². The van der Waals surface area contributed by atoms with Crippen molar-refractivity contribution in [2.24, 2.45) is 5.92 Å². The minimum atomic E-state index is -1.10. The van der Waals surface area contributed by atoms with Crippen LogP contribution in [0.5, 0.6) is 0 Å². The van der Waals surface area contributed by atoms with Crippen LogP contribution in [0.15, 0.2) is 30.3 Å². The molecule has 1 aromatic rings. The number of likely N-dealkylation sites (tertiary alicyclic amines) is 1. The van der Waals surface area contributed by atoms with Crippen LogP contribution in [0.2, 0.25) is 0 Å². The summed E-state index contributed by atoms with van der Waals surface area (Å²) >= 11 is 0. The predicted molar refractivity (Wildman–Crippen MR) is 76.2 cm³/mol. The molecule has 0 aromatic heterocycles. The van der Waals surface area contributed by atoms with E-state index >= 15 is 0 Å². The molecule has 106 valence electrons. The summed E-state index contributed by atoms with van der Waals surface area (Å²) < 4.78 is 0. The van der Waals surface area contributed by atoms with Gasteiger partial charge in [-0.05, 0) is 18.4 Å². The third-order valence-electron chi connectivity index (χ3n) is 5.50. The number of fused-ring (bicyclic) bond motifs is 1. The van der Waals surface area contributed by atoms with E-state index in [0.717, 1.165) is 24.9 Å². The highest BCUT2D eigenvalue weighted by atomic mass is 16.3. The van der Waals surface area contributed by atoms with E-state index in [2.05, 4.69) is 0 Å². The van der Waals surface area contributed by atoms with Gasteiger partial charge in [0.05, 0.1) is 0 Å². The van der Waals surface area contributed by atoms with E-state index < -0.39 is 5.60 Å². The molecule has 4 rings (SSSR count). The normalized spacial score (nSPS) is 37.0. The Morgan fingerprint density at radius 1 is 1.10 bits per heavy atom. The maximum atomic E-state index is 12.6. The van der Waals surface area contributed by atoms with Crippen molar-refractivity contribution in [2.45, 2.75) is 49.7 Å². The van der Waals surface area contributed by atoms with E-state index in [4.69, 9.17) is 0 Å². The third-order valence-corrected chi connectivity index (χ3v) is 5.50. The quantitative estimate of drug-likeness (QED) is 0.896. The first-order valence-electron chi connectivity index (χ1n) is 7.81. The SMILES string of the molecule is O=C1N(C2CCCCC2)C[C@@H]2[C@H](c3ccccc3)[C@]12O. The van der Waals surface area contributed by atoms with E-state index in [1.54, 1.807) is 0 Å². The largest absolute Gasteiger partial charge is 0.379 e. The van der Waals surface area contributed by atoms with Gasteiger partial charge < -0.3 is 10.0 Å². The Hall–Kier alpha value is -1.35. The zero-order valence-corrected chi connectivity index (χ0v) is 11.7. The summed E-state index contributed by atoms with van der Waals surface area (Å²) in [6.07, 6.45) is 5.97. The molecule has 2 aliphatic carbocycles. The van der Waals surface area contributed by atoms with Gasteiger partial charge in [-0.25, -0.2) is 0 Å². The maximum absolute atomic E-state index is 12.6. The van der Waals surface area contributed by atoms with Gasteiger partial charge in [0.25, 0.3) is 5.91 Å². The number of amides is 1. The molecule has 1 aliphatic heterocycles. The summed E-state index contributed by atoms with van der Waals surface area (Å²) in [5.74, 6) is 0.124. The van der Waals surface area contributed by atoms with Crippen LogP contribution < -0.4 is 0 Å². The van der Waals surface area contributed by atoms with Crippen LogP contribution in [0.3, 0.4) is 0 Å². The molecule has 0 spiro atoms. The fourth-order valence-corrected chi connectivity index (χ4v) is 4.36. The zero-order valence-electron chi connectivity index (χ0n) is 11.7. The summed E-state index contributed by atoms with van der Waals surface area (Å²) in [7, 11) is 0. The van der Waals surface area contributed by atoms with E-state index in [9.17, 15) is 9.90 Å². The standard InChI is InChI=1S/C17H21NO2/c19-16-17(20)14(15(17)12-7-3-1-4-8-12)11-18(16)13-9-5-2-6-10-13/h1,3-4,7-8,13-15,20H,2,5-6,9-11H2/t14-,15+,17+/m1/s1. The molecule has 20 heavy (non-hydrogen) atoms. The van der Waals surface area contributed by atoms with Crippen LogP contribution in [0.1, 0.15) is 43.6 Å². The van der Waals surface area contributed by atoms with Crippen LogP contribution in [0, 0.1) is 5.92 Å². The molecule has 1 N–H and O–H groups in total. The highest BCUT2D eigenvalue weighted by Gasteiger charge is 2.75. The lowest BCUT2D eigenvalue weighted by atomic mass is 9.93. The Balaban J connectivity index is 1.53. The second kappa shape index (κ2) is 4.32. The Bertz CT molecular complexity index is 523. The van der Waals surface area contributed by atoms with Gasteiger partial charge in [-0.1, -0.05) is 49.6 Å². The van der Waals surface area contributed by atoms with E-state index in [-0.39, 0.29) is 17.7 Å². The van der Waals surface area contributed by atoms with Crippen LogP contribution in [0.4, 0.5) is 0 Å². The van der Waals surface area contributed by atoms with E-state index in [0.29, 0.717) is 6.04 Å². The molecule has 0 bridgehead atoms. The maximum Gasteiger partial charge on any atom is 0.255 e. The van der Waals surface area contributed by atoms with Gasteiger partial charge in [0, 0.05) is 24.4 Å². The molecule has 1 amide bonds. The average Bonchev–Trinajstić information content (AvgIpc) is 3.02. The molecular formula is C17H21NO2. The molecule has 1 aromatic carbocycles. The third kappa shape index (κ3) is 1.59. The first-order valence-corrected chi connectivity index (χ1v) is 7.81. The van der Waals surface area contributed by atoms with Crippen molar-refractivity contribution in [3.05, 3.63) is 35.9 Å². The van der Waals surface area contributed by atoms with Crippen molar-refractivity contribution in [2.75, 3.05) is 6.54 Å². The molecule has 2 saturated carbocycles. The lowest BCUT2D eigenvalue weighted by molar-refractivity contribution is -0.141. The van der Waals surface area contributed by atoms with Crippen molar-refractivity contribution in [1.29, 1.82) is 0 Å². The number of hydrogen-bond donors (Lipinski definition) is 1. The van der Waals surface area contributed by atoms with Crippen LogP contribution >= 0.6 is 0 Å². The summed E-state index contributed by atoms with van der Waals surface area (Å²) in [5, 5.41) is 10.8. The fraction of sp³-hybridized carbons (Fsp3) is 0.588. The average molecular weight is 271 g/mol. The Kier molecular flexibility index (Phi) is 2.68. The first kappa shape index (κ1) is 12.4. The summed E-state index contributed by atoms with van der Waals surface area (Å²) in [4.78, 5) is 14.6. The van der Waals surface area contributed by atoms with Crippen LogP contribution in [-0.2, 0) is 4.79 Å². The topological polar surface area (TPSA) is 40.5 Å². The fourth-order valence-electron chi connectivity index (χ4n) is 4.36. The molecule has 0 unspecified atom stereocenters. The number of benzene rings is 1. The molecule has 1 saturated heterocycles. The highest BCUT2D eigenvalue weighted by Crippen LogP contribution is 2.62. The van der Waals surface area contributed by atoms with Gasteiger partial charge in [-0.3, -0.25) is 4.79 Å². The molecular weight excluding hydrogens is 250 g/mol. The van der Waals surface area contributed by atoms with Gasteiger partial charge in [0.1, 0.15) is 0 Å². The molecule has 0 radical (unpaired) electrons. The Labute approximate surface area is 119 Å². The number of hydrogen-bond acceptors (Lipinski definition) is 2. The molecule has 3 fully saturated rings. The highest BCUT2D eigenvalue weighted by molar-refractivity contribution is 5.94. The van der Waals surface area contributed by atoms with E-state index in [1.165, 1.54) is 19.3 Å². The summed E-state index contributed by atoms with van der Waals surface area (Å²) in [5.41, 5.74) is 0.00959. The zero-order chi connectivity index (χ0) is 13.7. The van der Waals surface area contributed by atoms with Crippen molar-refractivity contribution in [1.82, 2.24) is 4.90 Å². The Morgan fingerprint density at radius 3 is 2.40 bits per heavy atom. The van der Waals surface area contributed by atoms with Crippen LogP contribution in [0.25, 0.3) is 0 Å². The van der Waals surface area contributed by atoms with Gasteiger partial charge in [0.2, 0.25) is 0 Å². The summed E-state index contributed by atoms with van der Waals surface area (Å²) in [6.45, 7) is 0.750. The van der Waals surface area contributed by atoms with Gasteiger partial charge in [0.15, 0.2) is 5.60 Å². The number of nitrogens with zero attached hydrogens (tertiary/aromatic N) is 1. The minimum absolute atomic E-state index is 0.0109. The number of piperidine rings is 1. The Morgan fingerprint density at radius 2 is 1.80 bits per heavy atom. The van der Waals surface area contributed by atoms with E-state index in [1.807, 2.05) is 35.2 Å². The lowest BCUT2D eigenvalue weighted by Gasteiger charge is -2.33. The van der Waals surface area contributed by atoms with Crippen molar-refractivity contribution < 1.29 is 9.90 Å². The number of aliphatic hydroxyl groups is 1. The molecule has 3 aliphatic rings. The second-order valence-corrected chi connectivity index (χ2v) is 6.57. The molecule has 3 atom stereocenters. The minimum Gasteiger partial charge on any atom is -0.379 e. The van der Waals surface area contributed by atoms with Gasteiger partial charge in [-0.15, -0.1) is 0 Å². The summed E-state index contributed by atoms with van der Waals surface area (Å²) in [6, 6.07) is 10.4. The van der Waals surface area contributed by atoms with Crippen molar-refractivity contribution >= 4 is 5.91 Å². The lowest BCUT2D eigenvalue weighted by Crippen LogP contribution is -2.44. The molecule has 3 heteroatoms. The predicted octanol–water partition coefficient (Wildman–Crippen LogP) is 2.31. The van der Waals surface area contributed by atoms with Crippen molar-refractivity contribution in [3.8, 4) is 0 Å². The van der Waals surface area contributed by atoms with Gasteiger partial charge in [-0.2, -0.15) is 0 Å². The second-order valence-electron chi connectivity index (χ2n) is 6.57. The molecule has 1 heterocycles. The smallest absolute Gasteiger partial charge is 0.255 e. The monoisotopic (exact) mass is 271 g/mol. The first-order chi connectivity index (χ1) is 9.73. The molecule has 3 nitrogen and oxygen atoms in total. The number of carbonyl (C=O) groups excluding carboxylic acids is 1.